The van der Waals surface area contributed by atoms with Gasteiger partial charge in [-0.1, -0.05) is 29.8 Å². The zero-order valence-corrected chi connectivity index (χ0v) is 12.5. The number of fused-ring (bicyclic) bond motifs is 1. The summed E-state index contributed by atoms with van der Waals surface area (Å²) < 4.78 is 0. The van der Waals surface area contributed by atoms with Crippen LogP contribution in [0.5, 0.6) is 0 Å². The second kappa shape index (κ2) is 5.61. The summed E-state index contributed by atoms with van der Waals surface area (Å²) in [5.41, 5.74) is 1.84. The van der Waals surface area contributed by atoms with E-state index < -0.39 is 0 Å². The molecular formula is C17H20ClNO. The minimum atomic E-state index is 0.168. The summed E-state index contributed by atoms with van der Waals surface area (Å²) in [5, 5.41) is 3.73. The number of hydrogen-bond donors (Lipinski definition) is 1. The number of benzene rings is 1. The molecule has 0 aromatic heterocycles. The lowest BCUT2D eigenvalue weighted by Gasteiger charge is -2.06. The van der Waals surface area contributed by atoms with E-state index >= 15 is 0 Å². The van der Waals surface area contributed by atoms with Crippen LogP contribution in [0, 0.1) is 24.7 Å². The first kappa shape index (κ1) is 13.7. The highest BCUT2D eigenvalue weighted by atomic mass is 35.5. The van der Waals surface area contributed by atoms with Crippen LogP contribution >= 0.6 is 11.6 Å². The lowest BCUT2D eigenvalue weighted by Crippen LogP contribution is -2.15. The lowest BCUT2D eigenvalue weighted by atomic mass is 10.1. The third-order valence-corrected chi connectivity index (χ3v) is 4.98. The number of nitrogens with one attached hydrogen (secondary N) is 1. The van der Waals surface area contributed by atoms with E-state index in [0.717, 1.165) is 36.9 Å². The van der Waals surface area contributed by atoms with Crippen molar-refractivity contribution in [1.29, 1.82) is 0 Å². The van der Waals surface area contributed by atoms with E-state index in [0.29, 0.717) is 16.9 Å². The number of allylic oxidation sites excluding steroid dienone is 2. The number of hydrogen-bond acceptors (Lipinski definition) is 1. The Balaban J connectivity index is 1.64. The van der Waals surface area contributed by atoms with Crippen LogP contribution in [0.25, 0.3) is 0 Å². The van der Waals surface area contributed by atoms with Crippen molar-refractivity contribution in [3.8, 4) is 0 Å². The van der Waals surface area contributed by atoms with Gasteiger partial charge in [-0.15, -0.1) is 0 Å². The molecule has 3 heteroatoms. The van der Waals surface area contributed by atoms with Crippen LogP contribution in [0.15, 0.2) is 30.4 Å². The van der Waals surface area contributed by atoms with Gasteiger partial charge >= 0.3 is 0 Å². The van der Waals surface area contributed by atoms with Crippen molar-refractivity contribution in [1.82, 2.24) is 0 Å². The predicted octanol–water partition coefficient (Wildman–Crippen LogP) is 4.58. The van der Waals surface area contributed by atoms with Crippen LogP contribution in [0.3, 0.4) is 0 Å². The Morgan fingerprint density at radius 3 is 2.45 bits per heavy atom. The molecule has 0 bridgehead atoms. The molecule has 0 radical (unpaired) electrons. The van der Waals surface area contributed by atoms with Crippen molar-refractivity contribution in [3.63, 3.8) is 0 Å². The Kier molecular flexibility index (Phi) is 3.84. The SMILES string of the molecule is Cc1ccc(NC(=O)C2C3CC/C=C\CCC32)cc1Cl. The minimum absolute atomic E-state index is 0.168. The monoisotopic (exact) mass is 289 g/mol. The molecule has 2 nitrogen and oxygen atoms in total. The number of carbonyl (C=O) groups excluding carboxylic acids is 1. The van der Waals surface area contributed by atoms with Gasteiger partial charge in [0.15, 0.2) is 0 Å². The molecule has 1 fully saturated rings. The van der Waals surface area contributed by atoms with Gasteiger partial charge in [0.2, 0.25) is 5.91 Å². The Morgan fingerprint density at radius 2 is 1.85 bits per heavy atom. The van der Waals surface area contributed by atoms with Gasteiger partial charge in [0.05, 0.1) is 0 Å². The number of aryl methyl sites for hydroxylation is 1. The zero-order valence-electron chi connectivity index (χ0n) is 11.7. The quantitative estimate of drug-likeness (QED) is 0.793. The normalized spacial score (nSPS) is 29.8. The second-order valence-electron chi connectivity index (χ2n) is 5.93. The number of carbonyl (C=O) groups is 1. The fourth-order valence-electron chi connectivity index (χ4n) is 3.33. The lowest BCUT2D eigenvalue weighted by molar-refractivity contribution is -0.117. The molecule has 1 aromatic rings. The maximum absolute atomic E-state index is 12.4. The van der Waals surface area contributed by atoms with Crippen molar-refractivity contribution in [2.24, 2.45) is 17.8 Å². The average molecular weight is 290 g/mol. The molecule has 0 heterocycles. The first-order chi connectivity index (χ1) is 9.66. The summed E-state index contributed by atoms with van der Waals surface area (Å²) in [6.07, 6.45) is 9.02. The van der Waals surface area contributed by atoms with E-state index in [1.165, 1.54) is 0 Å². The summed E-state index contributed by atoms with van der Waals surface area (Å²) in [4.78, 5) is 12.4. The maximum atomic E-state index is 12.4. The Morgan fingerprint density at radius 1 is 1.20 bits per heavy atom. The van der Waals surface area contributed by atoms with E-state index in [2.05, 4.69) is 17.5 Å². The molecule has 2 aliphatic carbocycles. The summed E-state index contributed by atoms with van der Waals surface area (Å²) in [6.45, 7) is 1.96. The van der Waals surface area contributed by atoms with Crippen molar-refractivity contribution >= 4 is 23.2 Å². The molecule has 0 saturated heterocycles. The van der Waals surface area contributed by atoms with Crippen LogP contribution in [0.4, 0.5) is 5.69 Å². The molecule has 1 amide bonds. The molecule has 0 spiro atoms. The first-order valence-corrected chi connectivity index (χ1v) is 7.76. The molecule has 1 saturated carbocycles. The van der Waals surface area contributed by atoms with E-state index in [-0.39, 0.29) is 11.8 Å². The highest BCUT2D eigenvalue weighted by molar-refractivity contribution is 6.31. The maximum Gasteiger partial charge on any atom is 0.228 e. The number of anilines is 1. The highest BCUT2D eigenvalue weighted by Crippen LogP contribution is 2.53. The van der Waals surface area contributed by atoms with Crippen LogP contribution in [-0.4, -0.2) is 5.91 Å². The van der Waals surface area contributed by atoms with Crippen molar-refractivity contribution in [2.45, 2.75) is 32.6 Å². The van der Waals surface area contributed by atoms with Gasteiger partial charge in [0, 0.05) is 16.6 Å². The van der Waals surface area contributed by atoms with E-state index in [1.54, 1.807) is 0 Å². The Labute approximate surface area is 125 Å². The standard InChI is InChI=1S/C17H20ClNO/c1-11-8-9-12(10-15(11)18)19-17(20)16-13-6-4-2-3-5-7-14(13)16/h2-3,8-10,13-14,16H,4-7H2,1H3,(H,19,20)/b3-2-. The largest absolute Gasteiger partial charge is 0.326 e. The van der Waals surface area contributed by atoms with Gasteiger partial charge in [-0.05, 0) is 62.1 Å². The third kappa shape index (κ3) is 2.76. The highest BCUT2D eigenvalue weighted by Gasteiger charge is 2.53. The van der Waals surface area contributed by atoms with Crippen LogP contribution in [-0.2, 0) is 4.79 Å². The summed E-state index contributed by atoms with van der Waals surface area (Å²) in [7, 11) is 0. The second-order valence-corrected chi connectivity index (χ2v) is 6.34. The Hall–Kier alpha value is -1.28. The topological polar surface area (TPSA) is 29.1 Å². The molecule has 1 N–H and O–H groups in total. The van der Waals surface area contributed by atoms with Gasteiger partial charge in [-0.25, -0.2) is 0 Å². The molecule has 2 aliphatic rings. The molecule has 0 aliphatic heterocycles. The fourth-order valence-corrected chi connectivity index (χ4v) is 3.51. The Bertz CT molecular complexity index is 536. The zero-order chi connectivity index (χ0) is 14.1. The van der Waals surface area contributed by atoms with Crippen molar-refractivity contribution < 1.29 is 4.79 Å². The van der Waals surface area contributed by atoms with Crippen LogP contribution < -0.4 is 5.32 Å². The van der Waals surface area contributed by atoms with Gasteiger partial charge in [0.25, 0.3) is 0 Å². The third-order valence-electron chi connectivity index (χ3n) is 4.57. The summed E-state index contributed by atoms with van der Waals surface area (Å²) in [5.74, 6) is 1.54. The molecule has 1 aromatic carbocycles. The van der Waals surface area contributed by atoms with Gasteiger partial charge in [-0.3, -0.25) is 4.79 Å². The van der Waals surface area contributed by atoms with Gasteiger partial charge in [-0.2, -0.15) is 0 Å². The van der Waals surface area contributed by atoms with Gasteiger partial charge in [0.1, 0.15) is 0 Å². The molecule has 3 rings (SSSR count). The van der Waals surface area contributed by atoms with E-state index in [4.69, 9.17) is 11.6 Å². The van der Waals surface area contributed by atoms with Crippen LogP contribution in [0.1, 0.15) is 31.2 Å². The first-order valence-electron chi connectivity index (χ1n) is 7.39. The average Bonchev–Trinajstić information content (AvgIpc) is 3.05. The molecular weight excluding hydrogens is 270 g/mol. The number of rotatable bonds is 2. The van der Waals surface area contributed by atoms with E-state index in [1.807, 2.05) is 25.1 Å². The smallest absolute Gasteiger partial charge is 0.228 e. The molecule has 20 heavy (non-hydrogen) atoms. The van der Waals surface area contributed by atoms with E-state index in [9.17, 15) is 4.79 Å². The minimum Gasteiger partial charge on any atom is -0.326 e. The predicted molar refractivity (Wildman–Crippen MR) is 82.9 cm³/mol. The number of halogens is 1. The summed E-state index contributed by atoms with van der Waals surface area (Å²) in [6, 6.07) is 5.70. The molecule has 106 valence electrons. The number of amides is 1. The molecule has 2 atom stereocenters. The fraction of sp³-hybridized carbons (Fsp3) is 0.471. The molecule has 2 unspecified atom stereocenters. The van der Waals surface area contributed by atoms with Crippen molar-refractivity contribution in [3.05, 3.63) is 40.9 Å². The van der Waals surface area contributed by atoms with Crippen LogP contribution in [0.2, 0.25) is 5.02 Å². The summed E-state index contributed by atoms with van der Waals surface area (Å²) >= 11 is 6.10. The van der Waals surface area contributed by atoms with Crippen molar-refractivity contribution in [2.75, 3.05) is 5.32 Å². The van der Waals surface area contributed by atoms with Gasteiger partial charge < -0.3 is 5.32 Å².